The lowest BCUT2D eigenvalue weighted by Crippen LogP contribution is -2.09. The summed E-state index contributed by atoms with van der Waals surface area (Å²) < 4.78 is 49.5. The van der Waals surface area contributed by atoms with E-state index in [9.17, 15) is 23.3 Å². The normalized spacial score (nSPS) is 11.3. The van der Waals surface area contributed by atoms with Crippen LogP contribution in [0.3, 0.4) is 0 Å². The fraction of sp³-hybridized carbons (Fsp3) is 0.118. The number of nitro groups is 1. The molecule has 9 heteroatoms. The monoisotopic (exact) mass is 364 g/mol. The third kappa shape index (κ3) is 3.82. The van der Waals surface area contributed by atoms with Gasteiger partial charge in [-0.1, -0.05) is 35.5 Å². The van der Waals surface area contributed by atoms with Crippen molar-refractivity contribution in [1.29, 1.82) is 0 Å². The summed E-state index contributed by atoms with van der Waals surface area (Å²) in [6.07, 6.45) is -4.79. The van der Waals surface area contributed by atoms with E-state index in [-0.39, 0.29) is 12.4 Å². The van der Waals surface area contributed by atoms with E-state index in [0.717, 1.165) is 17.7 Å². The van der Waals surface area contributed by atoms with Crippen LogP contribution in [0.4, 0.5) is 18.9 Å². The van der Waals surface area contributed by atoms with Crippen molar-refractivity contribution in [2.45, 2.75) is 12.8 Å². The Hall–Kier alpha value is -3.36. The van der Waals surface area contributed by atoms with Gasteiger partial charge in [-0.3, -0.25) is 10.1 Å². The summed E-state index contributed by atoms with van der Waals surface area (Å²) in [7, 11) is 0. The van der Waals surface area contributed by atoms with Crippen molar-refractivity contribution in [3.8, 4) is 17.0 Å². The van der Waals surface area contributed by atoms with E-state index in [4.69, 9.17) is 9.26 Å². The van der Waals surface area contributed by atoms with E-state index in [0.29, 0.717) is 11.8 Å². The first-order chi connectivity index (χ1) is 12.3. The first-order valence-corrected chi connectivity index (χ1v) is 7.34. The average Bonchev–Trinajstić information content (AvgIpc) is 3.08. The Morgan fingerprint density at radius 2 is 1.85 bits per heavy atom. The van der Waals surface area contributed by atoms with E-state index in [2.05, 4.69) is 5.16 Å². The van der Waals surface area contributed by atoms with Crippen molar-refractivity contribution < 1.29 is 27.4 Å². The van der Waals surface area contributed by atoms with Gasteiger partial charge in [0.15, 0.2) is 5.76 Å². The maximum atomic E-state index is 13.1. The molecule has 3 aromatic rings. The number of ether oxygens (including phenoxy) is 1. The van der Waals surface area contributed by atoms with Crippen LogP contribution in [0.2, 0.25) is 0 Å². The number of non-ortho nitro benzene ring substituents is 1. The molecule has 0 unspecified atom stereocenters. The first-order valence-electron chi connectivity index (χ1n) is 7.34. The molecule has 0 aliphatic rings. The van der Waals surface area contributed by atoms with Gasteiger partial charge in [-0.15, -0.1) is 0 Å². The van der Waals surface area contributed by atoms with Crippen molar-refractivity contribution in [2.75, 3.05) is 0 Å². The second-order valence-electron chi connectivity index (χ2n) is 5.27. The Bertz CT molecular complexity index is 923. The number of aromatic nitrogens is 1. The van der Waals surface area contributed by atoms with Crippen LogP contribution in [0, 0.1) is 10.1 Å². The van der Waals surface area contributed by atoms with Crippen LogP contribution in [-0.4, -0.2) is 10.1 Å². The minimum atomic E-state index is -4.79. The predicted molar refractivity (Wildman–Crippen MR) is 84.4 cm³/mol. The zero-order valence-electron chi connectivity index (χ0n) is 13.1. The van der Waals surface area contributed by atoms with Crippen molar-refractivity contribution in [3.05, 3.63) is 76.0 Å². The summed E-state index contributed by atoms with van der Waals surface area (Å²) in [5.41, 5.74) is -0.594. The van der Waals surface area contributed by atoms with Gasteiger partial charge in [0.1, 0.15) is 23.6 Å². The van der Waals surface area contributed by atoms with Gasteiger partial charge in [0.25, 0.3) is 5.69 Å². The third-order valence-corrected chi connectivity index (χ3v) is 3.48. The number of hydrogen-bond acceptors (Lipinski definition) is 5. The molecule has 0 spiro atoms. The molecule has 0 aliphatic carbocycles. The number of nitro benzene ring substituents is 1. The van der Waals surface area contributed by atoms with E-state index < -0.39 is 28.1 Å². The highest BCUT2D eigenvalue weighted by molar-refractivity contribution is 5.58. The van der Waals surface area contributed by atoms with E-state index >= 15 is 0 Å². The molecule has 0 amide bonds. The summed E-state index contributed by atoms with van der Waals surface area (Å²) in [5, 5.41) is 14.5. The lowest BCUT2D eigenvalue weighted by Gasteiger charge is -2.12. The highest BCUT2D eigenvalue weighted by Crippen LogP contribution is 2.38. The molecule has 134 valence electrons. The Kier molecular flexibility index (Phi) is 4.61. The molecule has 2 aromatic carbocycles. The summed E-state index contributed by atoms with van der Waals surface area (Å²) in [5.74, 6) is -0.309. The number of benzene rings is 2. The zero-order valence-corrected chi connectivity index (χ0v) is 13.1. The maximum Gasteiger partial charge on any atom is 0.420 e. The van der Waals surface area contributed by atoms with Gasteiger partial charge in [0.05, 0.1) is 4.92 Å². The van der Waals surface area contributed by atoms with Crippen LogP contribution < -0.4 is 4.74 Å². The molecule has 1 heterocycles. The average molecular weight is 364 g/mol. The van der Waals surface area contributed by atoms with Gasteiger partial charge in [-0.25, -0.2) is 0 Å². The quantitative estimate of drug-likeness (QED) is 0.478. The van der Waals surface area contributed by atoms with Crippen molar-refractivity contribution in [1.82, 2.24) is 5.16 Å². The van der Waals surface area contributed by atoms with E-state index in [1.165, 1.54) is 0 Å². The Labute approximate surface area is 145 Å². The maximum absolute atomic E-state index is 13.1. The second kappa shape index (κ2) is 6.87. The summed E-state index contributed by atoms with van der Waals surface area (Å²) in [6.45, 7) is -0.305. The molecular weight excluding hydrogens is 353 g/mol. The molecule has 0 bridgehead atoms. The highest BCUT2D eigenvalue weighted by atomic mass is 19.4. The molecule has 6 nitrogen and oxygen atoms in total. The fourth-order valence-electron chi connectivity index (χ4n) is 2.25. The smallest absolute Gasteiger partial charge is 0.420 e. The molecule has 1 aromatic heterocycles. The van der Waals surface area contributed by atoms with Crippen LogP contribution in [0.1, 0.15) is 11.3 Å². The Balaban J connectivity index is 1.80. The highest BCUT2D eigenvalue weighted by Gasteiger charge is 2.36. The van der Waals surface area contributed by atoms with Gasteiger partial charge >= 0.3 is 6.18 Å². The SMILES string of the molecule is O=[N+]([O-])c1ccc(OCc2cc(-c3ccccc3)no2)c(C(F)(F)F)c1. The zero-order chi connectivity index (χ0) is 18.7. The van der Waals surface area contributed by atoms with Gasteiger partial charge in [-0.05, 0) is 6.07 Å². The molecule has 0 fully saturated rings. The topological polar surface area (TPSA) is 78.4 Å². The molecule has 0 atom stereocenters. The Morgan fingerprint density at radius 1 is 1.12 bits per heavy atom. The van der Waals surface area contributed by atoms with Crippen LogP contribution in [-0.2, 0) is 12.8 Å². The molecule has 0 N–H and O–H groups in total. The predicted octanol–water partition coefficient (Wildman–Crippen LogP) is 4.85. The largest absolute Gasteiger partial charge is 0.485 e. The fourth-order valence-corrected chi connectivity index (χ4v) is 2.25. The lowest BCUT2D eigenvalue weighted by atomic mass is 10.1. The van der Waals surface area contributed by atoms with Gasteiger partial charge in [-0.2, -0.15) is 13.2 Å². The van der Waals surface area contributed by atoms with Gasteiger partial charge in [0.2, 0.25) is 0 Å². The number of hydrogen-bond donors (Lipinski definition) is 0. The lowest BCUT2D eigenvalue weighted by molar-refractivity contribution is -0.385. The second-order valence-corrected chi connectivity index (χ2v) is 5.27. The molecule has 0 aliphatic heterocycles. The molecular formula is C17H11F3N2O4. The van der Waals surface area contributed by atoms with E-state index in [1.54, 1.807) is 18.2 Å². The number of alkyl halides is 3. The molecule has 0 radical (unpaired) electrons. The summed E-state index contributed by atoms with van der Waals surface area (Å²) >= 11 is 0. The minimum absolute atomic E-state index is 0.218. The molecule has 0 saturated heterocycles. The van der Waals surface area contributed by atoms with E-state index in [1.807, 2.05) is 18.2 Å². The number of nitrogens with zero attached hydrogens (tertiary/aromatic N) is 2. The Morgan fingerprint density at radius 3 is 2.50 bits per heavy atom. The third-order valence-electron chi connectivity index (χ3n) is 3.48. The number of rotatable bonds is 5. The molecule has 26 heavy (non-hydrogen) atoms. The molecule has 0 saturated carbocycles. The summed E-state index contributed by atoms with van der Waals surface area (Å²) in [4.78, 5) is 9.78. The van der Waals surface area contributed by atoms with Gasteiger partial charge in [0, 0.05) is 23.8 Å². The van der Waals surface area contributed by atoms with Crippen LogP contribution in [0.25, 0.3) is 11.3 Å². The van der Waals surface area contributed by atoms with Crippen LogP contribution in [0.5, 0.6) is 5.75 Å². The summed E-state index contributed by atoms with van der Waals surface area (Å²) in [6, 6.07) is 12.9. The van der Waals surface area contributed by atoms with Crippen LogP contribution in [0.15, 0.2) is 59.1 Å². The van der Waals surface area contributed by atoms with Gasteiger partial charge < -0.3 is 9.26 Å². The van der Waals surface area contributed by atoms with Crippen molar-refractivity contribution in [2.24, 2.45) is 0 Å². The number of halogens is 3. The standard InChI is InChI=1S/C17H11F3N2O4/c18-17(19,20)14-8-12(22(23)24)6-7-16(14)25-10-13-9-15(21-26-13)11-4-2-1-3-5-11/h1-9H,10H2. The van der Waals surface area contributed by atoms with Crippen molar-refractivity contribution in [3.63, 3.8) is 0 Å². The molecule has 3 rings (SSSR count). The minimum Gasteiger partial charge on any atom is -0.485 e. The van der Waals surface area contributed by atoms with Crippen molar-refractivity contribution >= 4 is 5.69 Å². The first kappa shape index (κ1) is 17.5. The van der Waals surface area contributed by atoms with Crippen LogP contribution >= 0.6 is 0 Å².